The Morgan fingerprint density at radius 2 is 1.81 bits per heavy atom. The smallest absolute Gasteiger partial charge is 0.321 e. The number of nitrogens with zero attached hydrogens (tertiary/aromatic N) is 4. The fraction of sp³-hybridized carbons (Fsp3) is 0.391. The van der Waals surface area contributed by atoms with Crippen LogP contribution in [0.2, 0.25) is 0 Å². The summed E-state index contributed by atoms with van der Waals surface area (Å²) in [7, 11) is 0. The van der Waals surface area contributed by atoms with E-state index in [0.29, 0.717) is 19.0 Å². The van der Waals surface area contributed by atoms with Gasteiger partial charge in [0.15, 0.2) is 5.92 Å². The molecule has 2 aromatic rings. The Bertz CT molecular complexity index is 953. The number of esters is 1. The Labute approximate surface area is 181 Å². The average molecular weight is 422 g/mol. The van der Waals surface area contributed by atoms with E-state index in [0.717, 1.165) is 30.0 Å². The van der Waals surface area contributed by atoms with Crippen LogP contribution in [0.1, 0.15) is 24.1 Å². The van der Waals surface area contributed by atoms with Crippen LogP contribution in [0.3, 0.4) is 0 Å². The quantitative estimate of drug-likeness (QED) is 0.600. The molecule has 1 saturated heterocycles. The zero-order valence-electron chi connectivity index (χ0n) is 17.8. The van der Waals surface area contributed by atoms with E-state index in [-0.39, 0.29) is 12.5 Å². The van der Waals surface area contributed by atoms with Gasteiger partial charge < -0.3 is 14.5 Å². The lowest BCUT2D eigenvalue weighted by molar-refractivity contribution is -0.153. The lowest BCUT2D eigenvalue weighted by Crippen LogP contribution is -2.57. The van der Waals surface area contributed by atoms with Gasteiger partial charge in [0.25, 0.3) is 0 Å². The highest BCUT2D eigenvalue weighted by molar-refractivity contribution is 6.08. The molecule has 0 aliphatic carbocycles. The van der Waals surface area contributed by atoms with Gasteiger partial charge in [0.1, 0.15) is 11.9 Å². The molecule has 0 saturated carbocycles. The maximum absolute atomic E-state index is 13.0. The van der Waals surface area contributed by atoms with Crippen LogP contribution in [0.15, 0.2) is 53.7 Å². The largest absolute Gasteiger partial charge is 0.465 e. The molecule has 2 aliphatic rings. The van der Waals surface area contributed by atoms with Crippen LogP contribution < -0.4 is 10.2 Å². The molecule has 1 aromatic heterocycles. The van der Waals surface area contributed by atoms with E-state index in [1.54, 1.807) is 13.1 Å². The third-order valence-corrected chi connectivity index (χ3v) is 5.61. The highest BCUT2D eigenvalue weighted by Gasteiger charge is 2.42. The summed E-state index contributed by atoms with van der Waals surface area (Å²) in [5, 5.41) is 2.84. The van der Waals surface area contributed by atoms with Crippen molar-refractivity contribution in [2.45, 2.75) is 19.9 Å². The molecule has 2 atom stereocenters. The zero-order valence-corrected chi connectivity index (χ0v) is 17.8. The second-order valence-corrected chi connectivity index (χ2v) is 7.69. The van der Waals surface area contributed by atoms with Crippen molar-refractivity contribution in [3.63, 3.8) is 0 Å². The molecule has 0 radical (unpaired) electrons. The van der Waals surface area contributed by atoms with Crippen molar-refractivity contribution in [3.8, 4) is 0 Å². The number of hydrogen-bond acceptors (Lipinski definition) is 7. The van der Waals surface area contributed by atoms with Crippen molar-refractivity contribution in [3.05, 3.63) is 59.8 Å². The molecule has 3 heterocycles. The van der Waals surface area contributed by atoms with E-state index in [4.69, 9.17) is 9.73 Å². The second kappa shape index (κ2) is 9.16. The first-order valence-corrected chi connectivity index (χ1v) is 10.6. The van der Waals surface area contributed by atoms with Gasteiger partial charge in [0, 0.05) is 32.4 Å². The van der Waals surface area contributed by atoms with E-state index < -0.39 is 17.9 Å². The monoisotopic (exact) mass is 421 g/mol. The summed E-state index contributed by atoms with van der Waals surface area (Å²) in [5.41, 5.74) is 1.93. The third-order valence-electron chi connectivity index (χ3n) is 5.61. The molecule has 8 nitrogen and oxygen atoms in total. The fourth-order valence-electron chi connectivity index (χ4n) is 3.92. The number of guanidine groups is 1. The molecular weight excluding hydrogens is 394 g/mol. The molecule has 0 unspecified atom stereocenters. The first-order valence-electron chi connectivity index (χ1n) is 10.6. The minimum absolute atomic E-state index is 0.218. The number of nitrogens with one attached hydrogen (secondary N) is 1. The molecule has 1 N–H and O–H groups in total. The number of ether oxygens (including phenoxy) is 1. The highest BCUT2D eigenvalue weighted by atomic mass is 16.5. The van der Waals surface area contributed by atoms with E-state index >= 15 is 0 Å². The molecule has 0 bridgehead atoms. The van der Waals surface area contributed by atoms with Crippen molar-refractivity contribution in [1.82, 2.24) is 15.2 Å². The number of benzene rings is 1. The van der Waals surface area contributed by atoms with Crippen LogP contribution in [-0.4, -0.2) is 60.5 Å². The highest BCUT2D eigenvalue weighted by Crippen LogP contribution is 2.31. The predicted octanol–water partition coefficient (Wildman–Crippen LogP) is 1.92. The Balaban J connectivity index is 1.56. The average Bonchev–Trinajstić information content (AvgIpc) is 2.80. The number of carbonyl (C=O) groups excluding carboxylic acids is 2. The molecule has 31 heavy (non-hydrogen) atoms. The van der Waals surface area contributed by atoms with Crippen molar-refractivity contribution < 1.29 is 14.3 Å². The third kappa shape index (κ3) is 4.52. The van der Waals surface area contributed by atoms with Gasteiger partial charge in [-0.25, -0.2) is 9.98 Å². The molecule has 2 aliphatic heterocycles. The number of aromatic nitrogens is 1. The summed E-state index contributed by atoms with van der Waals surface area (Å²) >= 11 is 0. The van der Waals surface area contributed by atoms with Gasteiger partial charge >= 0.3 is 5.97 Å². The lowest BCUT2D eigenvalue weighted by Gasteiger charge is -2.39. The summed E-state index contributed by atoms with van der Waals surface area (Å²) in [4.78, 5) is 39.0. The Morgan fingerprint density at radius 1 is 1.10 bits per heavy atom. The number of amides is 1. The van der Waals surface area contributed by atoms with E-state index in [2.05, 4.69) is 20.1 Å². The minimum Gasteiger partial charge on any atom is -0.465 e. The summed E-state index contributed by atoms with van der Waals surface area (Å²) in [6.45, 7) is 6.87. The molecule has 1 fully saturated rings. The molecule has 4 rings (SSSR count). The Kier molecular flexibility index (Phi) is 6.16. The normalized spacial score (nSPS) is 21.4. The van der Waals surface area contributed by atoms with Gasteiger partial charge in [0.2, 0.25) is 11.9 Å². The van der Waals surface area contributed by atoms with Crippen molar-refractivity contribution in [1.29, 1.82) is 0 Å². The molecular formula is C23H27N5O3. The maximum Gasteiger partial charge on any atom is 0.321 e. The summed E-state index contributed by atoms with van der Waals surface area (Å²) in [6, 6.07) is 13.0. The van der Waals surface area contributed by atoms with Crippen LogP contribution in [0, 0.1) is 12.8 Å². The first-order chi connectivity index (χ1) is 15.1. The van der Waals surface area contributed by atoms with Crippen LogP contribution in [0.25, 0.3) is 0 Å². The number of aliphatic imine (C=N–C) groups is 1. The number of anilines is 1. The summed E-state index contributed by atoms with van der Waals surface area (Å²) in [6.07, 6.45) is 1.79. The van der Waals surface area contributed by atoms with Gasteiger partial charge in [-0.05, 0) is 31.5 Å². The van der Waals surface area contributed by atoms with Gasteiger partial charge in [-0.2, -0.15) is 0 Å². The lowest BCUT2D eigenvalue weighted by atomic mass is 9.91. The van der Waals surface area contributed by atoms with Crippen molar-refractivity contribution in [2.24, 2.45) is 10.9 Å². The second-order valence-electron chi connectivity index (χ2n) is 7.69. The van der Waals surface area contributed by atoms with Crippen molar-refractivity contribution >= 4 is 23.7 Å². The standard InChI is InChI=1S/C23H27N5O3/c1-3-31-22(30)19-20(17-9-7-16(2)8-10-17)25-23(26-21(19)29)28-14-12-27(13-15-28)18-6-4-5-11-24-18/h4-11,19-20H,3,12-15H2,1-2H3,(H,25,26,29)/t19-,20+/m0/s1. The topological polar surface area (TPSA) is 87.1 Å². The molecule has 1 aromatic carbocycles. The van der Waals surface area contributed by atoms with Gasteiger partial charge in [-0.3, -0.25) is 14.9 Å². The number of rotatable bonds is 4. The fourth-order valence-corrected chi connectivity index (χ4v) is 3.92. The van der Waals surface area contributed by atoms with Gasteiger partial charge in [0.05, 0.1) is 6.61 Å². The Morgan fingerprint density at radius 3 is 2.45 bits per heavy atom. The summed E-state index contributed by atoms with van der Waals surface area (Å²) < 4.78 is 5.17. The Hall–Kier alpha value is -3.42. The van der Waals surface area contributed by atoms with Crippen molar-refractivity contribution in [2.75, 3.05) is 37.7 Å². The summed E-state index contributed by atoms with van der Waals surface area (Å²) in [5.74, 6) is -0.468. The minimum atomic E-state index is -0.999. The van der Waals surface area contributed by atoms with Gasteiger partial charge in [-0.1, -0.05) is 35.9 Å². The molecule has 1 amide bonds. The number of pyridine rings is 1. The van der Waals surface area contributed by atoms with Gasteiger partial charge in [-0.15, -0.1) is 0 Å². The van der Waals surface area contributed by atoms with Crippen LogP contribution in [0.4, 0.5) is 5.82 Å². The van der Waals surface area contributed by atoms with Crippen LogP contribution in [0.5, 0.6) is 0 Å². The number of aryl methyl sites for hydroxylation is 1. The predicted molar refractivity (Wildman–Crippen MR) is 118 cm³/mol. The number of carbonyl (C=O) groups is 2. The molecule has 8 heteroatoms. The molecule has 0 spiro atoms. The van der Waals surface area contributed by atoms with Crippen LogP contribution in [-0.2, 0) is 14.3 Å². The number of piperazine rings is 1. The van der Waals surface area contributed by atoms with E-state index in [1.165, 1.54) is 0 Å². The van der Waals surface area contributed by atoms with E-state index in [9.17, 15) is 9.59 Å². The maximum atomic E-state index is 13.0. The zero-order chi connectivity index (χ0) is 21.8. The van der Waals surface area contributed by atoms with Crippen LogP contribution >= 0.6 is 0 Å². The SMILES string of the molecule is CCOC(=O)[C@@H]1C(=O)NC(N2CCN(c3ccccn3)CC2)=N[C@@H]1c1ccc(C)cc1. The first kappa shape index (κ1) is 20.8. The number of hydrogen-bond donors (Lipinski definition) is 1. The molecule has 162 valence electrons. The van der Waals surface area contributed by atoms with E-state index in [1.807, 2.05) is 49.4 Å².